The SMILES string of the molecule is O=Cc1c(Cl)cccc1OCc1ccccc1F. The number of hydrogen-bond acceptors (Lipinski definition) is 2. The Hall–Kier alpha value is -1.87. The number of aldehydes is 1. The van der Waals surface area contributed by atoms with E-state index in [2.05, 4.69) is 0 Å². The molecule has 92 valence electrons. The zero-order chi connectivity index (χ0) is 13.0. The summed E-state index contributed by atoms with van der Waals surface area (Å²) >= 11 is 5.86. The highest BCUT2D eigenvalue weighted by atomic mass is 35.5. The second kappa shape index (κ2) is 5.65. The van der Waals surface area contributed by atoms with E-state index in [-0.39, 0.29) is 18.0 Å². The van der Waals surface area contributed by atoms with Gasteiger partial charge in [-0.2, -0.15) is 0 Å². The van der Waals surface area contributed by atoms with Gasteiger partial charge in [0.25, 0.3) is 0 Å². The van der Waals surface area contributed by atoms with E-state index in [1.54, 1.807) is 36.4 Å². The van der Waals surface area contributed by atoms with Crippen LogP contribution in [0.15, 0.2) is 42.5 Å². The Morgan fingerprint density at radius 2 is 1.94 bits per heavy atom. The van der Waals surface area contributed by atoms with Crippen LogP contribution in [0.2, 0.25) is 5.02 Å². The highest BCUT2D eigenvalue weighted by molar-refractivity contribution is 6.33. The Morgan fingerprint density at radius 1 is 1.17 bits per heavy atom. The fourth-order valence-corrected chi connectivity index (χ4v) is 1.74. The summed E-state index contributed by atoms with van der Waals surface area (Å²) in [5.74, 6) is 0.00735. The molecule has 0 amide bonds. The predicted octanol–water partition coefficient (Wildman–Crippen LogP) is 3.87. The molecule has 0 spiro atoms. The molecule has 0 heterocycles. The molecule has 2 aromatic carbocycles. The molecule has 0 aliphatic rings. The Morgan fingerprint density at radius 3 is 2.67 bits per heavy atom. The van der Waals surface area contributed by atoms with Crippen molar-refractivity contribution in [3.63, 3.8) is 0 Å². The quantitative estimate of drug-likeness (QED) is 0.784. The Bertz CT molecular complexity index is 569. The van der Waals surface area contributed by atoms with E-state index >= 15 is 0 Å². The van der Waals surface area contributed by atoms with Gasteiger partial charge in [0, 0.05) is 5.56 Å². The predicted molar refractivity (Wildman–Crippen MR) is 67.6 cm³/mol. The van der Waals surface area contributed by atoms with Crippen LogP contribution in [0.3, 0.4) is 0 Å². The summed E-state index contributed by atoms with van der Waals surface area (Å²) in [7, 11) is 0. The molecule has 0 unspecified atom stereocenters. The lowest BCUT2D eigenvalue weighted by atomic mass is 10.2. The minimum absolute atomic E-state index is 0.0495. The van der Waals surface area contributed by atoms with Gasteiger partial charge in [0.1, 0.15) is 18.2 Å². The number of ether oxygens (including phenoxy) is 1. The van der Waals surface area contributed by atoms with Crippen LogP contribution in [-0.2, 0) is 6.61 Å². The van der Waals surface area contributed by atoms with Crippen molar-refractivity contribution in [3.05, 3.63) is 64.4 Å². The zero-order valence-electron chi connectivity index (χ0n) is 9.40. The third-order valence-electron chi connectivity index (χ3n) is 2.47. The second-order valence-corrected chi connectivity index (χ2v) is 4.06. The van der Waals surface area contributed by atoms with Gasteiger partial charge < -0.3 is 4.74 Å². The van der Waals surface area contributed by atoms with Crippen molar-refractivity contribution in [2.24, 2.45) is 0 Å². The summed E-state index contributed by atoms with van der Waals surface area (Å²) in [5.41, 5.74) is 0.699. The van der Waals surface area contributed by atoms with Crippen molar-refractivity contribution in [1.82, 2.24) is 0 Å². The molecule has 0 bridgehead atoms. The first-order chi connectivity index (χ1) is 8.72. The second-order valence-electron chi connectivity index (χ2n) is 3.65. The van der Waals surface area contributed by atoms with Crippen LogP contribution in [0, 0.1) is 5.82 Å². The molecule has 2 aromatic rings. The van der Waals surface area contributed by atoms with Crippen LogP contribution in [-0.4, -0.2) is 6.29 Å². The van der Waals surface area contributed by atoms with E-state index in [4.69, 9.17) is 16.3 Å². The van der Waals surface area contributed by atoms with Crippen LogP contribution in [0.25, 0.3) is 0 Å². The highest BCUT2D eigenvalue weighted by Crippen LogP contribution is 2.25. The van der Waals surface area contributed by atoms with Gasteiger partial charge >= 0.3 is 0 Å². The number of halogens is 2. The normalized spacial score (nSPS) is 10.1. The summed E-state index contributed by atoms with van der Waals surface area (Å²) in [6.07, 6.45) is 0.624. The molecular formula is C14H10ClFO2. The zero-order valence-corrected chi connectivity index (χ0v) is 10.2. The summed E-state index contributed by atoms with van der Waals surface area (Å²) in [5, 5.41) is 0.316. The summed E-state index contributed by atoms with van der Waals surface area (Å²) in [6.45, 7) is 0.0495. The number of benzene rings is 2. The average Bonchev–Trinajstić information content (AvgIpc) is 2.38. The van der Waals surface area contributed by atoms with Crippen LogP contribution >= 0.6 is 11.6 Å². The van der Waals surface area contributed by atoms with Gasteiger partial charge in [0.2, 0.25) is 0 Å². The highest BCUT2D eigenvalue weighted by Gasteiger charge is 2.08. The molecule has 0 N–H and O–H groups in total. The molecule has 0 atom stereocenters. The van der Waals surface area contributed by atoms with Crippen molar-refractivity contribution < 1.29 is 13.9 Å². The van der Waals surface area contributed by atoms with E-state index in [0.717, 1.165) is 0 Å². The van der Waals surface area contributed by atoms with E-state index in [0.29, 0.717) is 22.6 Å². The van der Waals surface area contributed by atoms with Crippen LogP contribution in [0.5, 0.6) is 5.75 Å². The lowest BCUT2D eigenvalue weighted by Crippen LogP contribution is -2.00. The van der Waals surface area contributed by atoms with Gasteiger partial charge in [0.15, 0.2) is 6.29 Å². The maximum atomic E-state index is 13.4. The van der Waals surface area contributed by atoms with Crippen molar-refractivity contribution in [1.29, 1.82) is 0 Å². The van der Waals surface area contributed by atoms with Crippen molar-refractivity contribution in [2.75, 3.05) is 0 Å². The average molecular weight is 265 g/mol. The summed E-state index contributed by atoms with van der Waals surface area (Å²) < 4.78 is 18.8. The smallest absolute Gasteiger partial charge is 0.155 e. The number of hydrogen-bond donors (Lipinski definition) is 0. The Kier molecular flexibility index (Phi) is 3.95. The van der Waals surface area contributed by atoms with Crippen LogP contribution in [0.4, 0.5) is 4.39 Å². The van der Waals surface area contributed by atoms with Crippen LogP contribution in [0.1, 0.15) is 15.9 Å². The van der Waals surface area contributed by atoms with Gasteiger partial charge in [-0.25, -0.2) is 4.39 Å². The number of rotatable bonds is 4. The molecule has 0 radical (unpaired) electrons. The largest absolute Gasteiger partial charge is 0.488 e. The molecular weight excluding hydrogens is 255 g/mol. The molecule has 4 heteroatoms. The van der Waals surface area contributed by atoms with Gasteiger partial charge in [-0.15, -0.1) is 0 Å². The topological polar surface area (TPSA) is 26.3 Å². The van der Waals surface area contributed by atoms with E-state index < -0.39 is 0 Å². The molecule has 0 aliphatic heterocycles. The minimum Gasteiger partial charge on any atom is -0.488 e. The van der Waals surface area contributed by atoms with Crippen LogP contribution < -0.4 is 4.74 Å². The standard InChI is InChI=1S/C14H10ClFO2/c15-12-5-3-7-14(11(12)8-17)18-9-10-4-1-2-6-13(10)16/h1-8H,9H2. The van der Waals surface area contributed by atoms with Crippen molar-refractivity contribution in [2.45, 2.75) is 6.61 Å². The van der Waals surface area contributed by atoms with Gasteiger partial charge in [-0.3, -0.25) is 4.79 Å². The van der Waals surface area contributed by atoms with E-state index in [9.17, 15) is 9.18 Å². The Labute approximate surface area is 109 Å². The molecule has 0 fully saturated rings. The third kappa shape index (κ3) is 2.68. The van der Waals surface area contributed by atoms with Gasteiger partial charge in [-0.1, -0.05) is 35.9 Å². The lowest BCUT2D eigenvalue weighted by molar-refractivity contribution is 0.111. The van der Waals surface area contributed by atoms with Gasteiger partial charge in [0.05, 0.1) is 10.6 Å². The molecule has 18 heavy (non-hydrogen) atoms. The first kappa shape index (κ1) is 12.6. The first-order valence-electron chi connectivity index (χ1n) is 5.32. The molecule has 0 saturated carbocycles. The van der Waals surface area contributed by atoms with Gasteiger partial charge in [-0.05, 0) is 18.2 Å². The molecule has 0 aliphatic carbocycles. The third-order valence-corrected chi connectivity index (χ3v) is 2.80. The van der Waals surface area contributed by atoms with Crippen molar-refractivity contribution >= 4 is 17.9 Å². The molecule has 0 aromatic heterocycles. The van der Waals surface area contributed by atoms with E-state index in [1.165, 1.54) is 6.07 Å². The monoisotopic (exact) mass is 264 g/mol. The number of carbonyl (C=O) groups excluding carboxylic acids is 1. The Balaban J connectivity index is 2.18. The summed E-state index contributed by atoms with van der Waals surface area (Å²) in [6, 6.07) is 11.2. The molecule has 0 saturated heterocycles. The minimum atomic E-state index is -0.341. The van der Waals surface area contributed by atoms with Crippen molar-refractivity contribution in [3.8, 4) is 5.75 Å². The maximum absolute atomic E-state index is 13.4. The summed E-state index contributed by atoms with van der Waals surface area (Å²) in [4.78, 5) is 10.9. The maximum Gasteiger partial charge on any atom is 0.155 e. The van der Waals surface area contributed by atoms with E-state index in [1.807, 2.05) is 0 Å². The number of carbonyl (C=O) groups is 1. The first-order valence-corrected chi connectivity index (χ1v) is 5.70. The lowest BCUT2D eigenvalue weighted by Gasteiger charge is -2.09. The fraction of sp³-hybridized carbons (Fsp3) is 0.0714. The molecule has 2 nitrogen and oxygen atoms in total. The molecule has 2 rings (SSSR count). The fourth-order valence-electron chi connectivity index (χ4n) is 1.53.